The van der Waals surface area contributed by atoms with E-state index in [1.54, 1.807) is 14.0 Å². The zero-order chi connectivity index (χ0) is 10.8. The van der Waals surface area contributed by atoms with E-state index in [0.29, 0.717) is 12.1 Å². The molecule has 0 aliphatic carbocycles. The Labute approximate surface area is 96.8 Å². The van der Waals surface area contributed by atoms with E-state index in [4.69, 9.17) is 5.41 Å². The van der Waals surface area contributed by atoms with E-state index in [0.717, 1.165) is 0 Å². The number of carbonyl (C=O) groups excluding carboxylic acids is 1. The van der Waals surface area contributed by atoms with E-state index in [1.165, 1.54) is 0 Å². The number of nitrogens with two attached hydrogens (primary N) is 1. The van der Waals surface area contributed by atoms with Crippen molar-refractivity contribution in [3.05, 3.63) is 36.4 Å². The molecule has 0 aromatic heterocycles. The lowest BCUT2D eigenvalue weighted by Gasteiger charge is -1.90. The minimum absolute atomic E-state index is 0. The van der Waals surface area contributed by atoms with Gasteiger partial charge in [-0.15, -0.1) is 0 Å². The van der Waals surface area contributed by atoms with Crippen molar-refractivity contribution in [1.29, 1.82) is 0 Å². The molecule has 0 radical (unpaired) electrons. The fourth-order valence-corrected chi connectivity index (χ4v) is 0.727. The highest BCUT2D eigenvalue weighted by molar-refractivity contribution is 5.96. The summed E-state index contributed by atoms with van der Waals surface area (Å²) in [5.41, 5.74) is 0.643. The molecule has 3 nitrogen and oxygen atoms in total. The second-order valence-electron chi connectivity index (χ2n) is 2.85. The van der Waals surface area contributed by atoms with Crippen LogP contribution in [-0.2, 0) is 4.79 Å². The molecule has 0 unspecified atom stereocenters. The van der Waals surface area contributed by atoms with Crippen LogP contribution in [0.15, 0.2) is 36.4 Å². The average Bonchev–Trinajstić information content (AvgIpc) is 2.20. The third kappa shape index (κ3) is 12.6. The number of amides is 1. The van der Waals surface area contributed by atoms with Crippen molar-refractivity contribution in [3.63, 3.8) is 0 Å². The fourth-order valence-electron chi connectivity index (χ4n) is 0.727. The van der Waals surface area contributed by atoms with E-state index in [1.807, 2.05) is 36.4 Å². The summed E-state index contributed by atoms with van der Waals surface area (Å²) < 4.78 is 0. The summed E-state index contributed by atoms with van der Waals surface area (Å²) in [7, 11) is 1.59. The number of benzene rings is 1. The molecule has 0 spiro atoms. The Bertz CT molecular complexity index is 248. The molecule has 1 amide bonds. The lowest BCUT2D eigenvalue weighted by atomic mass is 10.3. The highest BCUT2D eigenvalue weighted by atomic mass is 35.5. The van der Waals surface area contributed by atoms with E-state index in [2.05, 4.69) is 5.32 Å². The topological polar surface area (TPSA) is 54.7 Å². The first-order valence-electron chi connectivity index (χ1n) is 4.45. The van der Waals surface area contributed by atoms with Gasteiger partial charge in [0, 0.05) is 14.0 Å². The SMILES string of the molecule is CNC(=O)CC(C)=[NH2+].[Cl-].c1ccccc1. The van der Waals surface area contributed by atoms with E-state index in [-0.39, 0.29) is 18.3 Å². The molecule has 15 heavy (non-hydrogen) atoms. The maximum absolute atomic E-state index is 10.4. The summed E-state index contributed by atoms with van der Waals surface area (Å²) in [4.78, 5) is 10.4. The molecule has 4 heteroatoms. The Morgan fingerprint density at radius 1 is 1.13 bits per heavy atom. The lowest BCUT2D eigenvalue weighted by molar-refractivity contribution is -0.126. The molecule has 1 aromatic rings. The number of hydrogen-bond acceptors (Lipinski definition) is 1. The van der Waals surface area contributed by atoms with Gasteiger partial charge < -0.3 is 17.7 Å². The molecule has 0 aliphatic rings. The molecular formula is C11H17ClN2O. The highest BCUT2D eigenvalue weighted by Gasteiger charge is 2.00. The first-order chi connectivity index (χ1) is 6.66. The lowest BCUT2D eigenvalue weighted by Crippen LogP contribution is -3.00. The van der Waals surface area contributed by atoms with Crippen LogP contribution in [0.1, 0.15) is 13.3 Å². The van der Waals surface area contributed by atoms with Crippen LogP contribution in [0.4, 0.5) is 0 Å². The van der Waals surface area contributed by atoms with Crippen molar-refractivity contribution in [2.75, 3.05) is 7.05 Å². The molecule has 1 rings (SSSR count). The maximum atomic E-state index is 10.4. The standard InChI is InChI=1S/C6H6.C5H10N2O.ClH/c1-2-4-6-5-3-1;1-4(6)3-5(8)7-2;/h1-6H;6H,3H2,1-2H3,(H,7,8);1H. The largest absolute Gasteiger partial charge is 1.00 e. The normalized spacial score (nSPS) is 7.60. The minimum Gasteiger partial charge on any atom is -1.00 e. The quantitative estimate of drug-likeness (QED) is 0.522. The molecule has 0 saturated heterocycles. The average molecular weight is 229 g/mol. The van der Waals surface area contributed by atoms with E-state index < -0.39 is 0 Å². The first-order valence-corrected chi connectivity index (χ1v) is 4.45. The van der Waals surface area contributed by atoms with Crippen LogP contribution in [0.2, 0.25) is 0 Å². The summed E-state index contributed by atoms with van der Waals surface area (Å²) in [6, 6.07) is 12.0. The van der Waals surface area contributed by atoms with E-state index in [9.17, 15) is 4.79 Å². The molecule has 1 aromatic carbocycles. The maximum Gasteiger partial charge on any atom is 0.229 e. The predicted octanol–water partition coefficient (Wildman–Crippen LogP) is -2.97. The smallest absolute Gasteiger partial charge is 0.229 e. The van der Waals surface area contributed by atoms with Gasteiger partial charge in [0.15, 0.2) is 5.71 Å². The molecule has 84 valence electrons. The molecular weight excluding hydrogens is 212 g/mol. The van der Waals surface area contributed by atoms with Crippen molar-refractivity contribution < 1.29 is 22.6 Å². The zero-order valence-electron chi connectivity index (χ0n) is 9.03. The Morgan fingerprint density at radius 2 is 1.47 bits per heavy atom. The van der Waals surface area contributed by atoms with Crippen LogP contribution < -0.4 is 23.1 Å². The molecule has 0 bridgehead atoms. The van der Waals surface area contributed by atoms with E-state index >= 15 is 0 Å². The summed E-state index contributed by atoms with van der Waals surface area (Å²) >= 11 is 0. The Hall–Kier alpha value is -1.35. The summed E-state index contributed by atoms with van der Waals surface area (Å²) in [5, 5.41) is 7.68. The van der Waals surface area contributed by atoms with Gasteiger partial charge in [-0.3, -0.25) is 10.2 Å². The number of halogens is 1. The molecule has 0 atom stereocenters. The van der Waals surface area contributed by atoms with Crippen molar-refractivity contribution in [2.24, 2.45) is 0 Å². The van der Waals surface area contributed by atoms with Gasteiger partial charge in [0.1, 0.15) is 6.42 Å². The minimum atomic E-state index is -0.0370. The van der Waals surface area contributed by atoms with Crippen molar-refractivity contribution in [1.82, 2.24) is 5.32 Å². The Morgan fingerprint density at radius 3 is 1.60 bits per heavy atom. The molecule has 0 fully saturated rings. The van der Waals surface area contributed by atoms with Gasteiger partial charge in [0.05, 0.1) is 0 Å². The third-order valence-electron chi connectivity index (χ3n) is 1.38. The summed E-state index contributed by atoms with van der Waals surface area (Å²) in [6.07, 6.45) is 0.330. The summed E-state index contributed by atoms with van der Waals surface area (Å²) in [6.45, 7) is 1.72. The van der Waals surface area contributed by atoms with Crippen LogP contribution in [0.25, 0.3) is 0 Å². The van der Waals surface area contributed by atoms with Gasteiger partial charge in [-0.1, -0.05) is 36.4 Å². The van der Waals surface area contributed by atoms with Crippen molar-refractivity contribution >= 4 is 11.6 Å². The van der Waals surface area contributed by atoms with Gasteiger partial charge in [0.25, 0.3) is 0 Å². The van der Waals surface area contributed by atoms with Crippen molar-refractivity contribution in [3.8, 4) is 0 Å². The number of rotatable bonds is 2. The van der Waals surface area contributed by atoms with Crippen LogP contribution in [-0.4, -0.2) is 18.7 Å². The highest BCUT2D eigenvalue weighted by Crippen LogP contribution is 1.79. The fraction of sp³-hybridized carbons (Fsp3) is 0.273. The van der Waals surface area contributed by atoms with Crippen LogP contribution in [0.5, 0.6) is 0 Å². The van der Waals surface area contributed by atoms with Gasteiger partial charge in [-0.2, -0.15) is 0 Å². The predicted molar refractivity (Wildman–Crippen MR) is 57.7 cm³/mol. The monoisotopic (exact) mass is 228 g/mol. The number of hydrogen-bond donors (Lipinski definition) is 2. The number of carbonyl (C=O) groups is 1. The van der Waals surface area contributed by atoms with Crippen LogP contribution in [0.3, 0.4) is 0 Å². The molecule has 0 aliphatic heterocycles. The van der Waals surface area contributed by atoms with Crippen molar-refractivity contribution in [2.45, 2.75) is 13.3 Å². The van der Waals surface area contributed by atoms with Gasteiger partial charge in [-0.25, -0.2) is 0 Å². The Kier molecular flexibility index (Phi) is 11.5. The first kappa shape index (κ1) is 16.1. The summed E-state index contributed by atoms with van der Waals surface area (Å²) in [5.74, 6) is -0.0370. The molecule has 0 saturated carbocycles. The molecule has 0 heterocycles. The zero-order valence-corrected chi connectivity index (χ0v) is 9.79. The van der Waals surface area contributed by atoms with Gasteiger partial charge in [-0.05, 0) is 0 Å². The Balaban J connectivity index is 0. The van der Waals surface area contributed by atoms with Gasteiger partial charge in [0.2, 0.25) is 5.91 Å². The second kappa shape index (κ2) is 10.7. The third-order valence-corrected chi connectivity index (χ3v) is 1.38. The van der Waals surface area contributed by atoms with Crippen LogP contribution >= 0.6 is 0 Å². The second-order valence-corrected chi connectivity index (χ2v) is 2.85. The molecule has 3 N–H and O–H groups in total. The number of nitrogens with one attached hydrogen (secondary N) is 1. The van der Waals surface area contributed by atoms with Crippen LogP contribution in [0, 0.1) is 0 Å². The van der Waals surface area contributed by atoms with Gasteiger partial charge >= 0.3 is 0 Å².